The lowest BCUT2D eigenvalue weighted by Crippen LogP contribution is -2.40. The molecule has 0 saturated carbocycles. The topological polar surface area (TPSA) is 72.5 Å². The van der Waals surface area contributed by atoms with Gasteiger partial charge in [-0.25, -0.2) is 4.79 Å². The molecule has 0 aliphatic carbocycles. The van der Waals surface area contributed by atoms with E-state index in [4.69, 9.17) is 15.6 Å². The number of carboxylic acid groups (broad SMARTS) is 1. The molecule has 3 N–H and O–H groups in total. The predicted molar refractivity (Wildman–Crippen MR) is 59.8 cm³/mol. The van der Waals surface area contributed by atoms with Gasteiger partial charge in [0.25, 0.3) is 0 Å². The molecule has 1 atom stereocenters. The molecule has 4 nitrogen and oxygen atoms in total. The minimum Gasteiger partial charge on any atom is -0.497 e. The zero-order valence-corrected chi connectivity index (χ0v) is 9.71. The molecule has 0 aliphatic heterocycles. The first-order valence-corrected chi connectivity index (χ1v) is 4.40. The lowest BCUT2D eigenvalue weighted by molar-refractivity contribution is -0.168. The van der Waals surface area contributed by atoms with E-state index in [1.165, 1.54) is 25.3 Å². The number of alkyl halides is 2. The van der Waals surface area contributed by atoms with Crippen LogP contribution in [0.4, 0.5) is 8.78 Å². The zero-order chi connectivity index (χ0) is 12.3. The first-order valence-electron chi connectivity index (χ1n) is 4.40. The van der Waals surface area contributed by atoms with E-state index in [0.29, 0.717) is 5.75 Å². The fourth-order valence-electron chi connectivity index (χ4n) is 1.18. The van der Waals surface area contributed by atoms with Gasteiger partial charge >= 0.3 is 11.9 Å². The molecule has 1 aromatic carbocycles. The van der Waals surface area contributed by atoms with Crippen molar-refractivity contribution in [1.29, 1.82) is 0 Å². The highest BCUT2D eigenvalue weighted by Crippen LogP contribution is 2.30. The summed E-state index contributed by atoms with van der Waals surface area (Å²) in [6, 6.07) is 3.72. The monoisotopic (exact) mass is 267 g/mol. The Kier molecular flexibility index (Phi) is 5.31. The Morgan fingerprint density at radius 3 is 2.59 bits per heavy atom. The van der Waals surface area contributed by atoms with E-state index >= 15 is 0 Å². The molecule has 1 aromatic rings. The Bertz CT molecular complexity index is 401. The van der Waals surface area contributed by atoms with E-state index in [0.717, 1.165) is 0 Å². The highest BCUT2D eigenvalue weighted by molar-refractivity contribution is 5.85. The number of rotatable bonds is 4. The van der Waals surface area contributed by atoms with Crippen molar-refractivity contribution in [3.63, 3.8) is 0 Å². The molecule has 96 valence electrons. The third kappa shape index (κ3) is 3.28. The van der Waals surface area contributed by atoms with Gasteiger partial charge in [0.1, 0.15) is 11.8 Å². The maximum atomic E-state index is 13.1. The Hall–Kier alpha value is -1.40. The fraction of sp³-hybridized carbons (Fsp3) is 0.300. The molecule has 0 aliphatic rings. The normalized spacial score (nSPS) is 12.5. The van der Waals surface area contributed by atoms with Crippen molar-refractivity contribution < 1.29 is 23.4 Å². The summed E-state index contributed by atoms with van der Waals surface area (Å²) in [6.07, 6.45) is 0. The van der Waals surface area contributed by atoms with Crippen molar-refractivity contribution in [1.82, 2.24) is 0 Å². The van der Waals surface area contributed by atoms with Crippen molar-refractivity contribution in [3.8, 4) is 5.75 Å². The molecule has 0 amide bonds. The minimum atomic E-state index is -4.01. The van der Waals surface area contributed by atoms with Crippen LogP contribution in [-0.4, -0.2) is 24.1 Å². The van der Waals surface area contributed by atoms with Crippen LogP contribution in [0, 0.1) is 0 Å². The molecule has 17 heavy (non-hydrogen) atoms. The number of carbonyl (C=O) groups is 1. The van der Waals surface area contributed by atoms with E-state index < -0.39 is 17.9 Å². The molecule has 0 radical (unpaired) electrons. The quantitative estimate of drug-likeness (QED) is 0.873. The molecule has 0 bridgehead atoms. The molecular weight excluding hydrogens is 256 g/mol. The lowest BCUT2D eigenvalue weighted by Gasteiger charge is -2.19. The van der Waals surface area contributed by atoms with Crippen LogP contribution in [0.2, 0.25) is 0 Å². The second-order valence-electron chi connectivity index (χ2n) is 3.18. The summed E-state index contributed by atoms with van der Waals surface area (Å²) in [4.78, 5) is 10.3. The van der Waals surface area contributed by atoms with Crippen molar-refractivity contribution in [2.75, 3.05) is 7.11 Å². The molecule has 0 aromatic heterocycles. The minimum absolute atomic E-state index is 0. The number of aliphatic carboxylic acids is 1. The van der Waals surface area contributed by atoms with E-state index in [1.54, 1.807) is 6.07 Å². The molecular formula is C10H12ClF2NO3. The van der Waals surface area contributed by atoms with Gasteiger partial charge in [0.05, 0.1) is 7.11 Å². The summed E-state index contributed by atoms with van der Waals surface area (Å²) in [7, 11) is 1.37. The summed E-state index contributed by atoms with van der Waals surface area (Å²) in [5, 5.41) is 8.34. The number of hydrogen-bond donors (Lipinski definition) is 2. The van der Waals surface area contributed by atoms with E-state index in [2.05, 4.69) is 0 Å². The molecule has 1 unspecified atom stereocenters. The molecule has 1 rings (SSSR count). The number of nitrogens with two attached hydrogens (primary N) is 1. The number of carboxylic acids is 1. The average molecular weight is 268 g/mol. The zero-order valence-electron chi connectivity index (χ0n) is 8.89. The van der Waals surface area contributed by atoms with Crippen molar-refractivity contribution in [2.45, 2.75) is 12.0 Å². The van der Waals surface area contributed by atoms with Crippen molar-refractivity contribution >= 4 is 18.4 Å². The maximum Gasteiger partial charge on any atom is 0.376 e. The van der Waals surface area contributed by atoms with Crippen molar-refractivity contribution in [3.05, 3.63) is 29.8 Å². The van der Waals surface area contributed by atoms with Crippen LogP contribution in [0.15, 0.2) is 24.3 Å². The number of ether oxygens (including phenoxy) is 1. The Balaban J connectivity index is 0.00000256. The van der Waals surface area contributed by atoms with Crippen LogP contribution in [0.3, 0.4) is 0 Å². The first kappa shape index (κ1) is 15.6. The molecule has 0 saturated heterocycles. The van der Waals surface area contributed by atoms with Crippen LogP contribution in [0.1, 0.15) is 11.6 Å². The predicted octanol–water partition coefficient (Wildman–Crippen LogP) is 1.84. The van der Waals surface area contributed by atoms with Gasteiger partial charge in [0.2, 0.25) is 0 Å². The first-order chi connectivity index (χ1) is 7.39. The third-order valence-corrected chi connectivity index (χ3v) is 2.13. The summed E-state index contributed by atoms with van der Waals surface area (Å²) < 4.78 is 31.0. The van der Waals surface area contributed by atoms with Gasteiger partial charge in [-0.1, -0.05) is 12.1 Å². The van der Waals surface area contributed by atoms with Gasteiger partial charge in [-0.05, 0) is 17.7 Å². The second-order valence-corrected chi connectivity index (χ2v) is 3.18. The Morgan fingerprint density at radius 1 is 1.53 bits per heavy atom. The molecule has 0 spiro atoms. The highest BCUT2D eigenvalue weighted by atomic mass is 35.5. The van der Waals surface area contributed by atoms with Crippen LogP contribution < -0.4 is 10.5 Å². The SMILES string of the molecule is COc1cccc(C(N)C(F)(F)C(=O)O)c1.Cl. The van der Waals surface area contributed by atoms with Gasteiger partial charge in [0, 0.05) is 0 Å². The third-order valence-electron chi connectivity index (χ3n) is 2.13. The van der Waals surface area contributed by atoms with E-state index in [9.17, 15) is 13.6 Å². The van der Waals surface area contributed by atoms with Gasteiger partial charge in [0.15, 0.2) is 0 Å². The number of hydrogen-bond acceptors (Lipinski definition) is 3. The molecule has 0 fully saturated rings. The van der Waals surface area contributed by atoms with Crippen LogP contribution in [-0.2, 0) is 4.79 Å². The largest absolute Gasteiger partial charge is 0.497 e. The standard InChI is InChI=1S/C10H11F2NO3.ClH/c1-16-7-4-2-3-6(5-7)8(13)10(11,12)9(14)15;/h2-5,8H,13H2,1H3,(H,14,15);1H. The number of halogens is 3. The Morgan fingerprint density at radius 2 is 2.12 bits per heavy atom. The van der Waals surface area contributed by atoms with E-state index in [-0.39, 0.29) is 18.0 Å². The molecule has 0 heterocycles. The number of methoxy groups -OCH3 is 1. The van der Waals surface area contributed by atoms with Gasteiger partial charge in [-0.3, -0.25) is 0 Å². The van der Waals surface area contributed by atoms with Gasteiger partial charge < -0.3 is 15.6 Å². The number of benzene rings is 1. The summed E-state index contributed by atoms with van der Waals surface area (Å²) in [5.41, 5.74) is 5.22. The lowest BCUT2D eigenvalue weighted by atomic mass is 10.0. The summed E-state index contributed by atoms with van der Waals surface area (Å²) >= 11 is 0. The second kappa shape index (κ2) is 5.79. The van der Waals surface area contributed by atoms with Gasteiger partial charge in [-0.2, -0.15) is 8.78 Å². The Labute approximate surface area is 103 Å². The highest BCUT2D eigenvalue weighted by Gasteiger charge is 2.46. The average Bonchev–Trinajstić information content (AvgIpc) is 2.27. The summed E-state index contributed by atoms with van der Waals surface area (Å²) in [6.45, 7) is 0. The fourth-order valence-corrected chi connectivity index (χ4v) is 1.18. The van der Waals surface area contributed by atoms with Gasteiger partial charge in [-0.15, -0.1) is 12.4 Å². The van der Waals surface area contributed by atoms with E-state index in [1.807, 2.05) is 0 Å². The van der Waals surface area contributed by atoms with Crippen molar-refractivity contribution in [2.24, 2.45) is 5.73 Å². The van der Waals surface area contributed by atoms with Crippen LogP contribution in [0.5, 0.6) is 5.75 Å². The smallest absolute Gasteiger partial charge is 0.376 e. The summed E-state index contributed by atoms with van der Waals surface area (Å²) in [5.74, 6) is -5.91. The van der Waals surface area contributed by atoms with Crippen LogP contribution in [0.25, 0.3) is 0 Å². The molecule has 7 heteroatoms. The van der Waals surface area contributed by atoms with Crippen LogP contribution >= 0.6 is 12.4 Å². The maximum absolute atomic E-state index is 13.1.